The van der Waals surface area contributed by atoms with E-state index in [2.05, 4.69) is 17.6 Å². The summed E-state index contributed by atoms with van der Waals surface area (Å²) >= 11 is 0. The summed E-state index contributed by atoms with van der Waals surface area (Å²) in [6.45, 7) is 4.80. The zero-order valence-electron chi connectivity index (χ0n) is 11.8. The third-order valence-corrected chi connectivity index (χ3v) is 3.33. The van der Waals surface area contributed by atoms with Crippen LogP contribution in [0.25, 0.3) is 0 Å². The van der Waals surface area contributed by atoms with Gasteiger partial charge in [0.15, 0.2) is 0 Å². The van der Waals surface area contributed by atoms with Crippen molar-refractivity contribution in [3.63, 3.8) is 0 Å². The van der Waals surface area contributed by atoms with E-state index in [1.807, 2.05) is 37.5 Å². The summed E-state index contributed by atoms with van der Waals surface area (Å²) in [5.41, 5.74) is 3.33. The highest BCUT2D eigenvalue weighted by molar-refractivity contribution is 5.37. The van der Waals surface area contributed by atoms with Crippen LogP contribution in [0.2, 0.25) is 0 Å². The third-order valence-electron chi connectivity index (χ3n) is 3.33. The van der Waals surface area contributed by atoms with Crippen molar-refractivity contribution in [2.24, 2.45) is 0 Å². The van der Waals surface area contributed by atoms with E-state index in [4.69, 9.17) is 4.74 Å². The van der Waals surface area contributed by atoms with Crippen molar-refractivity contribution < 1.29 is 9.84 Å². The van der Waals surface area contributed by atoms with Crippen molar-refractivity contribution >= 4 is 0 Å². The molecule has 0 bridgehead atoms. The molecule has 1 unspecified atom stereocenters. The number of aliphatic hydroxyl groups is 1. The van der Waals surface area contributed by atoms with Crippen molar-refractivity contribution in [2.45, 2.75) is 32.9 Å². The van der Waals surface area contributed by atoms with Crippen molar-refractivity contribution in [1.82, 2.24) is 4.57 Å². The van der Waals surface area contributed by atoms with E-state index in [1.54, 1.807) is 7.11 Å². The van der Waals surface area contributed by atoms with Gasteiger partial charge >= 0.3 is 0 Å². The molecule has 1 heterocycles. The van der Waals surface area contributed by atoms with Crippen LogP contribution in [0.4, 0.5) is 0 Å². The highest BCUT2D eigenvalue weighted by Crippen LogP contribution is 2.22. The van der Waals surface area contributed by atoms with E-state index in [0.29, 0.717) is 0 Å². The topological polar surface area (TPSA) is 34.4 Å². The van der Waals surface area contributed by atoms with Crippen LogP contribution in [0, 0.1) is 6.92 Å². The van der Waals surface area contributed by atoms with E-state index < -0.39 is 0 Å². The summed E-state index contributed by atoms with van der Waals surface area (Å²) in [7, 11) is 1.69. The number of nitrogens with zero attached hydrogens (tertiary/aromatic N) is 1. The molecule has 2 rings (SSSR count). The molecule has 19 heavy (non-hydrogen) atoms. The largest absolute Gasteiger partial charge is 0.496 e. The van der Waals surface area contributed by atoms with Gasteiger partial charge in [-0.1, -0.05) is 24.6 Å². The van der Waals surface area contributed by atoms with Gasteiger partial charge in [0.05, 0.1) is 19.8 Å². The zero-order valence-corrected chi connectivity index (χ0v) is 11.8. The first kappa shape index (κ1) is 13.7. The Morgan fingerprint density at radius 3 is 2.79 bits per heavy atom. The van der Waals surface area contributed by atoms with Gasteiger partial charge in [0, 0.05) is 18.0 Å². The molecule has 1 N–H and O–H groups in total. The number of aromatic nitrogens is 1. The second-order valence-corrected chi connectivity index (χ2v) is 4.86. The second-order valence-electron chi connectivity index (χ2n) is 4.86. The van der Waals surface area contributed by atoms with Gasteiger partial charge in [-0.15, -0.1) is 0 Å². The third kappa shape index (κ3) is 3.18. The Balaban J connectivity index is 2.21. The fraction of sp³-hybridized carbons (Fsp3) is 0.375. The molecular weight excluding hydrogens is 238 g/mol. The van der Waals surface area contributed by atoms with Crippen LogP contribution in [-0.4, -0.2) is 16.8 Å². The summed E-state index contributed by atoms with van der Waals surface area (Å²) in [6, 6.07) is 8.14. The minimum Gasteiger partial charge on any atom is -0.496 e. The minimum atomic E-state index is -0.374. The molecule has 1 aromatic heterocycles. The van der Waals surface area contributed by atoms with Gasteiger partial charge in [0.1, 0.15) is 5.75 Å². The maximum atomic E-state index is 9.82. The molecule has 3 heteroatoms. The quantitative estimate of drug-likeness (QED) is 0.894. The Bertz CT molecular complexity index is 545. The zero-order chi connectivity index (χ0) is 13.8. The lowest BCUT2D eigenvalue weighted by atomic mass is 10.1. The molecule has 0 fully saturated rings. The van der Waals surface area contributed by atoms with Gasteiger partial charge in [-0.3, -0.25) is 0 Å². The highest BCUT2D eigenvalue weighted by atomic mass is 16.5. The van der Waals surface area contributed by atoms with Gasteiger partial charge < -0.3 is 14.4 Å². The van der Waals surface area contributed by atoms with E-state index in [0.717, 1.165) is 29.8 Å². The van der Waals surface area contributed by atoms with Gasteiger partial charge in [-0.25, -0.2) is 0 Å². The Labute approximate surface area is 114 Å². The van der Waals surface area contributed by atoms with E-state index in [1.165, 1.54) is 5.56 Å². The lowest BCUT2D eigenvalue weighted by Gasteiger charge is -2.10. The number of methoxy groups -OCH3 is 1. The average molecular weight is 259 g/mol. The summed E-state index contributed by atoms with van der Waals surface area (Å²) in [4.78, 5) is 0. The first-order valence-corrected chi connectivity index (χ1v) is 6.61. The van der Waals surface area contributed by atoms with E-state index >= 15 is 0 Å². The van der Waals surface area contributed by atoms with Gasteiger partial charge in [0.2, 0.25) is 0 Å². The summed E-state index contributed by atoms with van der Waals surface area (Å²) in [5, 5.41) is 9.82. The molecule has 2 aromatic rings. The van der Waals surface area contributed by atoms with E-state index in [-0.39, 0.29) is 6.10 Å². The number of benzene rings is 1. The first-order valence-electron chi connectivity index (χ1n) is 6.61. The highest BCUT2D eigenvalue weighted by Gasteiger charge is 2.08. The lowest BCUT2D eigenvalue weighted by Crippen LogP contribution is -2.00. The number of hydrogen-bond donors (Lipinski definition) is 1. The van der Waals surface area contributed by atoms with Crippen molar-refractivity contribution in [1.29, 1.82) is 0 Å². The molecule has 0 saturated heterocycles. The Morgan fingerprint density at radius 2 is 2.11 bits per heavy atom. The van der Waals surface area contributed by atoms with Gasteiger partial charge in [0.25, 0.3) is 0 Å². The number of aliphatic hydroxyl groups excluding tert-OH is 1. The molecule has 0 aliphatic heterocycles. The van der Waals surface area contributed by atoms with Crippen molar-refractivity contribution in [3.8, 4) is 5.75 Å². The second kappa shape index (κ2) is 5.93. The number of hydrogen-bond acceptors (Lipinski definition) is 2. The van der Waals surface area contributed by atoms with Crippen molar-refractivity contribution in [2.75, 3.05) is 7.11 Å². The maximum absolute atomic E-state index is 9.82. The van der Waals surface area contributed by atoms with Gasteiger partial charge in [-0.2, -0.15) is 0 Å². The summed E-state index contributed by atoms with van der Waals surface area (Å²) in [5.74, 6) is 0.900. The summed E-state index contributed by atoms with van der Waals surface area (Å²) < 4.78 is 7.46. The predicted molar refractivity (Wildman–Crippen MR) is 76.5 cm³/mol. The SMILES string of the molecule is CCC(O)c1ccn(Cc2cc(C)ccc2OC)c1. The lowest BCUT2D eigenvalue weighted by molar-refractivity contribution is 0.173. The molecule has 0 radical (unpaired) electrons. The predicted octanol–water partition coefficient (Wildman–Crippen LogP) is 3.30. The Morgan fingerprint density at radius 1 is 1.32 bits per heavy atom. The Hall–Kier alpha value is -1.74. The maximum Gasteiger partial charge on any atom is 0.123 e. The number of rotatable bonds is 5. The molecule has 102 valence electrons. The van der Waals surface area contributed by atoms with E-state index in [9.17, 15) is 5.11 Å². The molecule has 0 amide bonds. The molecule has 3 nitrogen and oxygen atoms in total. The number of aryl methyl sites for hydroxylation is 1. The molecule has 1 atom stereocenters. The number of ether oxygens (including phenoxy) is 1. The van der Waals surface area contributed by atoms with Crippen LogP contribution in [0.1, 0.15) is 36.1 Å². The monoisotopic (exact) mass is 259 g/mol. The molecule has 0 spiro atoms. The fourth-order valence-corrected chi connectivity index (χ4v) is 2.22. The molecule has 0 aliphatic rings. The fourth-order valence-electron chi connectivity index (χ4n) is 2.22. The van der Waals surface area contributed by atoms with Crippen LogP contribution in [0.15, 0.2) is 36.7 Å². The molecular formula is C16H21NO2. The standard InChI is InChI=1S/C16H21NO2/c1-4-15(18)13-7-8-17(10-13)11-14-9-12(2)5-6-16(14)19-3/h5-10,15,18H,4,11H2,1-3H3. The van der Waals surface area contributed by atoms with Crippen LogP contribution < -0.4 is 4.74 Å². The van der Waals surface area contributed by atoms with Crippen LogP contribution >= 0.6 is 0 Å². The van der Waals surface area contributed by atoms with Gasteiger partial charge in [-0.05, 0) is 31.0 Å². The smallest absolute Gasteiger partial charge is 0.123 e. The molecule has 0 aliphatic carbocycles. The molecule has 0 saturated carbocycles. The van der Waals surface area contributed by atoms with Crippen LogP contribution in [0.3, 0.4) is 0 Å². The summed E-state index contributed by atoms with van der Waals surface area (Å²) in [6.07, 6.45) is 4.35. The normalized spacial score (nSPS) is 12.4. The Kier molecular flexibility index (Phi) is 4.27. The first-order chi connectivity index (χ1) is 9.13. The minimum absolute atomic E-state index is 0.374. The van der Waals surface area contributed by atoms with Crippen LogP contribution in [-0.2, 0) is 6.54 Å². The van der Waals surface area contributed by atoms with Crippen molar-refractivity contribution in [3.05, 3.63) is 53.3 Å². The average Bonchev–Trinajstić information content (AvgIpc) is 2.86. The van der Waals surface area contributed by atoms with Crippen LogP contribution in [0.5, 0.6) is 5.75 Å². The molecule has 1 aromatic carbocycles.